The summed E-state index contributed by atoms with van der Waals surface area (Å²) in [7, 11) is -0.658. The van der Waals surface area contributed by atoms with E-state index in [9.17, 15) is 18.0 Å². The van der Waals surface area contributed by atoms with Crippen LogP contribution >= 0.6 is 0 Å². The van der Waals surface area contributed by atoms with Gasteiger partial charge in [-0.2, -0.15) is 4.31 Å². The van der Waals surface area contributed by atoms with Gasteiger partial charge in [-0.25, -0.2) is 13.2 Å². The number of rotatable bonds is 5. The summed E-state index contributed by atoms with van der Waals surface area (Å²) in [6.07, 6.45) is 3.15. The maximum atomic E-state index is 13.0. The first kappa shape index (κ1) is 21.8. The summed E-state index contributed by atoms with van der Waals surface area (Å²) in [6, 6.07) is 11.7. The van der Waals surface area contributed by atoms with Crippen LogP contribution in [0.4, 0.5) is 0 Å². The van der Waals surface area contributed by atoms with Gasteiger partial charge in [-0.15, -0.1) is 0 Å². The largest absolute Gasteiger partial charge is 0.496 e. The van der Waals surface area contributed by atoms with Crippen molar-refractivity contribution in [3.63, 3.8) is 0 Å². The van der Waals surface area contributed by atoms with Gasteiger partial charge in [0.1, 0.15) is 5.75 Å². The number of hydrogen-bond acceptors (Lipinski definition) is 6. The molecule has 3 aromatic rings. The molecule has 4 rings (SSSR count). The molecule has 1 amide bonds. The average Bonchev–Trinajstić information content (AvgIpc) is 3.10. The lowest BCUT2D eigenvalue weighted by atomic mass is 10.2. The smallest absolute Gasteiger partial charge is 0.419 e. The van der Waals surface area contributed by atoms with Crippen molar-refractivity contribution in [2.75, 3.05) is 33.3 Å². The summed E-state index contributed by atoms with van der Waals surface area (Å²) in [6.45, 7) is 0.897. The van der Waals surface area contributed by atoms with Gasteiger partial charge in [0.15, 0.2) is 5.58 Å². The van der Waals surface area contributed by atoms with Crippen LogP contribution in [0, 0.1) is 0 Å². The highest BCUT2D eigenvalue weighted by Crippen LogP contribution is 2.23. The number of nitrogens with zero attached hydrogens (tertiary/aromatic N) is 3. The molecule has 32 heavy (non-hydrogen) atoms. The minimum absolute atomic E-state index is 0.0511. The molecule has 1 aliphatic heterocycles. The van der Waals surface area contributed by atoms with Gasteiger partial charge >= 0.3 is 5.76 Å². The third-order valence-corrected chi connectivity index (χ3v) is 7.39. The van der Waals surface area contributed by atoms with Crippen molar-refractivity contribution in [2.24, 2.45) is 7.05 Å². The predicted octanol–water partition coefficient (Wildman–Crippen LogP) is 1.69. The molecule has 1 saturated heterocycles. The molecular formula is C22H23N3O6S. The zero-order chi connectivity index (χ0) is 22.9. The molecule has 0 aliphatic carbocycles. The van der Waals surface area contributed by atoms with Crippen molar-refractivity contribution < 1.29 is 22.4 Å². The third kappa shape index (κ3) is 4.06. The number of aromatic nitrogens is 1. The summed E-state index contributed by atoms with van der Waals surface area (Å²) in [4.78, 5) is 25.9. The highest BCUT2D eigenvalue weighted by atomic mass is 32.2. The molecule has 1 fully saturated rings. The fourth-order valence-corrected chi connectivity index (χ4v) is 5.08. The maximum absolute atomic E-state index is 13.0. The van der Waals surface area contributed by atoms with Crippen molar-refractivity contribution in [2.45, 2.75) is 4.90 Å². The quantitative estimate of drug-likeness (QED) is 0.541. The molecule has 2 heterocycles. The summed E-state index contributed by atoms with van der Waals surface area (Å²) in [5, 5.41) is 0. The number of hydrogen-bond donors (Lipinski definition) is 0. The zero-order valence-corrected chi connectivity index (χ0v) is 18.5. The summed E-state index contributed by atoms with van der Waals surface area (Å²) < 4.78 is 39.1. The molecule has 0 spiro atoms. The fourth-order valence-electron chi connectivity index (χ4n) is 3.64. The Morgan fingerprint density at radius 3 is 2.53 bits per heavy atom. The van der Waals surface area contributed by atoms with Gasteiger partial charge < -0.3 is 14.1 Å². The molecule has 2 aromatic carbocycles. The van der Waals surface area contributed by atoms with E-state index in [1.165, 1.54) is 27.1 Å². The molecule has 0 bridgehead atoms. The van der Waals surface area contributed by atoms with Gasteiger partial charge in [0.2, 0.25) is 15.9 Å². The molecule has 168 valence electrons. The topological polar surface area (TPSA) is 102 Å². The highest BCUT2D eigenvalue weighted by molar-refractivity contribution is 7.89. The molecule has 0 radical (unpaired) electrons. The van der Waals surface area contributed by atoms with E-state index in [-0.39, 0.29) is 42.6 Å². The minimum Gasteiger partial charge on any atom is -0.496 e. The highest BCUT2D eigenvalue weighted by Gasteiger charge is 2.30. The molecule has 9 nitrogen and oxygen atoms in total. The molecule has 0 N–H and O–H groups in total. The van der Waals surface area contributed by atoms with Crippen LogP contribution in [-0.2, 0) is 21.9 Å². The summed E-state index contributed by atoms with van der Waals surface area (Å²) in [5.41, 5.74) is 1.52. The number of sulfonamides is 1. The number of fused-ring (bicyclic) bond motifs is 1. The average molecular weight is 458 g/mol. The predicted molar refractivity (Wildman–Crippen MR) is 119 cm³/mol. The number of methoxy groups -OCH3 is 1. The molecule has 1 aliphatic rings. The Morgan fingerprint density at radius 2 is 1.81 bits per heavy atom. The van der Waals surface area contributed by atoms with E-state index >= 15 is 0 Å². The van der Waals surface area contributed by atoms with E-state index in [1.807, 2.05) is 24.3 Å². The first-order chi connectivity index (χ1) is 15.3. The number of aryl methyl sites for hydroxylation is 1. The minimum atomic E-state index is -3.78. The zero-order valence-electron chi connectivity index (χ0n) is 17.7. The second-order valence-corrected chi connectivity index (χ2v) is 9.30. The van der Waals surface area contributed by atoms with E-state index in [4.69, 9.17) is 9.15 Å². The van der Waals surface area contributed by atoms with E-state index in [0.29, 0.717) is 11.3 Å². The number of amides is 1. The number of para-hydroxylation sites is 1. The van der Waals surface area contributed by atoms with Crippen molar-refractivity contribution in [1.82, 2.24) is 13.8 Å². The van der Waals surface area contributed by atoms with Crippen molar-refractivity contribution in [3.05, 3.63) is 64.7 Å². The Kier molecular flexibility index (Phi) is 5.90. The number of ether oxygens (including phenoxy) is 1. The second kappa shape index (κ2) is 8.64. The number of carbonyl (C=O) groups excluding carboxylic acids is 1. The van der Waals surface area contributed by atoms with Crippen LogP contribution < -0.4 is 10.5 Å². The van der Waals surface area contributed by atoms with E-state index in [1.54, 1.807) is 31.2 Å². The second-order valence-electron chi connectivity index (χ2n) is 7.36. The Hall–Kier alpha value is -3.37. The van der Waals surface area contributed by atoms with Crippen LogP contribution in [0.2, 0.25) is 0 Å². The van der Waals surface area contributed by atoms with E-state index in [2.05, 4.69) is 0 Å². The monoisotopic (exact) mass is 457 g/mol. The summed E-state index contributed by atoms with van der Waals surface area (Å²) >= 11 is 0. The van der Waals surface area contributed by atoms with Crippen molar-refractivity contribution >= 4 is 33.1 Å². The van der Waals surface area contributed by atoms with Crippen molar-refractivity contribution in [1.29, 1.82) is 0 Å². The van der Waals surface area contributed by atoms with Gasteiger partial charge in [-0.05, 0) is 24.3 Å². The Labute approximate surface area is 185 Å². The van der Waals surface area contributed by atoms with E-state index in [0.717, 1.165) is 5.56 Å². The van der Waals surface area contributed by atoms with Crippen LogP contribution in [0.3, 0.4) is 0 Å². The van der Waals surface area contributed by atoms with Gasteiger partial charge in [0.25, 0.3) is 0 Å². The fraction of sp³-hybridized carbons (Fsp3) is 0.273. The molecule has 0 atom stereocenters. The van der Waals surface area contributed by atoms with Gasteiger partial charge in [0.05, 0.1) is 17.5 Å². The van der Waals surface area contributed by atoms with Gasteiger partial charge in [-0.1, -0.05) is 18.2 Å². The Morgan fingerprint density at radius 1 is 1.09 bits per heavy atom. The van der Waals surface area contributed by atoms with Crippen LogP contribution in [0.15, 0.2) is 62.6 Å². The Bertz CT molecular complexity index is 1350. The number of piperazine rings is 1. The molecule has 0 saturated carbocycles. The maximum Gasteiger partial charge on any atom is 0.419 e. The van der Waals surface area contributed by atoms with Gasteiger partial charge in [-0.3, -0.25) is 9.36 Å². The Balaban J connectivity index is 1.44. The van der Waals surface area contributed by atoms with Crippen LogP contribution in [0.25, 0.3) is 17.2 Å². The van der Waals surface area contributed by atoms with Crippen LogP contribution in [0.5, 0.6) is 5.75 Å². The number of benzene rings is 2. The molecular weight excluding hydrogens is 434 g/mol. The standard InChI is InChI=1S/C22H23N3O6S/c1-23-18-9-8-17(15-20(18)31-22(23)27)32(28,29)25-13-11-24(12-14-25)21(26)10-7-16-5-3-4-6-19(16)30-2/h3-10,15H,11-14H2,1-2H3/b10-7+. The lowest BCUT2D eigenvalue weighted by molar-refractivity contribution is -0.127. The first-order valence-electron chi connectivity index (χ1n) is 10.0. The number of carbonyl (C=O) groups is 1. The third-order valence-electron chi connectivity index (χ3n) is 5.50. The molecule has 0 unspecified atom stereocenters. The SMILES string of the molecule is COc1ccccc1/C=C/C(=O)N1CCN(S(=O)(=O)c2ccc3c(c2)oc(=O)n3C)CC1. The van der Waals surface area contributed by atoms with Crippen LogP contribution in [0.1, 0.15) is 5.56 Å². The summed E-state index contributed by atoms with van der Waals surface area (Å²) in [5.74, 6) is -0.0815. The van der Waals surface area contributed by atoms with Gasteiger partial charge in [0, 0.05) is 50.9 Å². The van der Waals surface area contributed by atoms with Crippen molar-refractivity contribution in [3.8, 4) is 5.75 Å². The molecule has 1 aromatic heterocycles. The lowest BCUT2D eigenvalue weighted by Gasteiger charge is -2.33. The first-order valence-corrected chi connectivity index (χ1v) is 11.4. The molecule has 10 heteroatoms. The van der Waals surface area contributed by atoms with Crippen LogP contribution in [-0.4, -0.2) is 61.4 Å². The normalized spacial score (nSPS) is 15.5. The number of oxazole rings is 1. The lowest BCUT2D eigenvalue weighted by Crippen LogP contribution is -2.50. The van der Waals surface area contributed by atoms with E-state index < -0.39 is 15.8 Å².